The highest BCUT2D eigenvalue weighted by molar-refractivity contribution is 5.94. The van der Waals surface area contributed by atoms with Crippen molar-refractivity contribution in [3.8, 4) is 5.75 Å². The van der Waals surface area contributed by atoms with Gasteiger partial charge >= 0.3 is 0 Å². The Balaban J connectivity index is 1.87. The van der Waals surface area contributed by atoms with E-state index in [0.717, 1.165) is 5.56 Å². The number of aromatic hydroxyl groups is 1. The second-order valence-electron chi connectivity index (χ2n) is 5.85. The molecule has 1 aliphatic heterocycles. The molecule has 1 aromatic heterocycles. The first-order chi connectivity index (χ1) is 11.7. The summed E-state index contributed by atoms with van der Waals surface area (Å²) in [4.78, 5) is 18.5. The third-order valence-corrected chi connectivity index (χ3v) is 4.36. The van der Waals surface area contributed by atoms with Gasteiger partial charge in [-0.1, -0.05) is 18.2 Å². The van der Waals surface area contributed by atoms with Gasteiger partial charge in [-0.05, 0) is 29.8 Å². The molecule has 2 heterocycles. The molecule has 0 spiro atoms. The van der Waals surface area contributed by atoms with Crippen molar-refractivity contribution in [3.63, 3.8) is 0 Å². The standard InChI is InChI=1S/C19H20N2O3/c1-24-10-8-15-12-21(19(23)14-5-4-9-20-11-14)13-17(15)16-6-2-3-7-18(16)22/h2-11,15,17,22H,12-13H2,1H3. The number of aromatic nitrogens is 1. The van der Waals surface area contributed by atoms with Gasteiger partial charge in [0.05, 0.1) is 18.9 Å². The number of phenolic OH excluding ortho intramolecular Hbond substituents is 1. The van der Waals surface area contributed by atoms with Crippen LogP contribution >= 0.6 is 0 Å². The van der Waals surface area contributed by atoms with E-state index in [-0.39, 0.29) is 23.5 Å². The second kappa shape index (κ2) is 7.17. The minimum Gasteiger partial charge on any atom is -0.508 e. The molecule has 2 aromatic rings. The first-order valence-corrected chi connectivity index (χ1v) is 7.87. The largest absolute Gasteiger partial charge is 0.508 e. The molecule has 5 nitrogen and oxygen atoms in total. The normalized spacial score (nSPS) is 20.5. The summed E-state index contributed by atoms with van der Waals surface area (Å²) in [7, 11) is 1.60. The summed E-state index contributed by atoms with van der Waals surface area (Å²) in [6.45, 7) is 1.12. The Kier molecular flexibility index (Phi) is 4.79. The Bertz CT molecular complexity index is 730. The molecular formula is C19H20N2O3. The van der Waals surface area contributed by atoms with Crippen molar-refractivity contribution in [2.24, 2.45) is 5.92 Å². The Morgan fingerprint density at radius 3 is 2.83 bits per heavy atom. The topological polar surface area (TPSA) is 62.7 Å². The summed E-state index contributed by atoms with van der Waals surface area (Å²) in [5, 5.41) is 10.2. The zero-order valence-electron chi connectivity index (χ0n) is 13.5. The molecule has 3 rings (SSSR count). The molecule has 1 saturated heterocycles. The number of hydrogen-bond acceptors (Lipinski definition) is 4. The maximum atomic E-state index is 12.7. The van der Waals surface area contributed by atoms with Gasteiger partial charge in [-0.15, -0.1) is 0 Å². The highest BCUT2D eigenvalue weighted by Gasteiger charge is 2.36. The molecule has 1 fully saturated rings. The van der Waals surface area contributed by atoms with E-state index in [4.69, 9.17) is 4.74 Å². The molecule has 1 amide bonds. The van der Waals surface area contributed by atoms with Crippen molar-refractivity contribution < 1.29 is 14.6 Å². The van der Waals surface area contributed by atoms with Gasteiger partial charge in [0.25, 0.3) is 5.91 Å². The maximum Gasteiger partial charge on any atom is 0.255 e. The Morgan fingerprint density at radius 1 is 1.29 bits per heavy atom. The van der Waals surface area contributed by atoms with Gasteiger partial charge in [-0.2, -0.15) is 0 Å². The number of benzene rings is 1. The number of pyridine rings is 1. The first kappa shape index (κ1) is 16.1. The summed E-state index contributed by atoms with van der Waals surface area (Å²) in [6, 6.07) is 10.8. The lowest BCUT2D eigenvalue weighted by Gasteiger charge is -2.17. The number of nitrogens with zero attached hydrogens (tertiary/aromatic N) is 2. The molecule has 0 radical (unpaired) electrons. The van der Waals surface area contributed by atoms with Gasteiger partial charge in [0, 0.05) is 37.3 Å². The number of methoxy groups -OCH3 is 1. The predicted octanol–water partition coefficient (Wildman–Crippen LogP) is 2.80. The van der Waals surface area contributed by atoms with Crippen LogP contribution in [0.3, 0.4) is 0 Å². The predicted molar refractivity (Wildman–Crippen MR) is 90.6 cm³/mol. The van der Waals surface area contributed by atoms with Crippen LogP contribution in [0.5, 0.6) is 5.75 Å². The molecule has 5 heteroatoms. The van der Waals surface area contributed by atoms with Crippen LogP contribution < -0.4 is 0 Å². The van der Waals surface area contributed by atoms with Crippen LogP contribution in [-0.2, 0) is 4.74 Å². The van der Waals surface area contributed by atoms with Crippen molar-refractivity contribution in [2.75, 3.05) is 20.2 Å². The van der Waals surface area contributed by atoms with Crippen LogP contribution in [0, 0.1) is 5.92 Å². The lowest BCUT2D eigenvalue weighted by Crippen LogP contribution is -2.28. The number of likely N-dealkylation sites (tertiary alicyclic amines) is 1. The minimum atomic E-state index is -0.0446. The van der Waals surface area contributed by atoms with Crippen molar-refractivity contribution in [3.05, 3.63) is 72.3 Å². The zero-order valence-corrected chi connectivity index (χ0v) is 13.5. The van der Waals surface area contributed by atoms with Crippen LogP contribution in [0.2, 0.25) is 0 Å². The monoisotopic (exact) mass is 324 g/mol. The van der Waals surface area contributed by atoms with E-state index in [2.05, 4.69) is 4.98 Å². The number of ether oxygens (including phenoxy) is 1. The molecule has 0 aliphatic carbocycles. The van der Waals surface area contributed by atoms with E-state index in [1.807, 2.05) is 18.2 Å². The van der Waals surface area contributed by atoms with Gasteiger partial charge in [-0.3, -0.25) is 9.78 Å². The highest BCUT2D eigenvalue weighted by Crippen LogP contribution is 2.38. The molecule has 1 aliphatic rings. The second-order valence-corrected chi connectivity index (χ2v) is 5.85. The number of amides is 1. The molecule has 0 bridgehead atoms. The van der Waals surface area contributed by atoms with Crippen molar-refractivity contribution >= 4 is 5.91 Å². The molecule has 124 valence electrons. The van der Waals surface area contributed by atoms with Crippen LogP contribution in [-0.4, -0.2) is 41.1 Å². The Labute approximate surface area is 141 Å². The van der Waals surface area contributed by atoms with Crippen molar-refractivity contribution in [1.29, 1.82) is 0 Å². The van der Waals surface area contributed by atoms with Gasteiger partial charge in [0.2, 0.25) is 0 Å². The molecule has 24 heavy (non-hydrogen) atoms. The van der Waals surface area contributed by atoms with E-state index >= 15 is 0 Å². The smallest absolute Gasteiger partial charge is 0.255 e. The lowest BCUT2D eigenvalue weighted by molar-refractivity contribution is 0.0787. The molecular weight excluding hydrogens is 304 g/mol. The zero-order chi connectivity index (χ0) is 16.9. The van der Waals surface area contributed by atoms with Crippen LogP contribution in [0.15, 0.2) is 61.1 Å². The van der Waals surface area contributed by atoms with E-state index < -0.39 is 0 Å². The number of carbonyl (C=O) groups is 1. The number of phenols is 1. The van der Waals surface area contributed by atoms with E-state index in [0.29, 0.717) is 18.7 Å². The van der Waals surface area contributed by atoms with Crippen LogP contribution in [0.25, 0.3) is 0 Å². The fourth-order valence-electron chi connectivity index (χ4n) is 3.17. The SMILES string of the molecule is COC=CC1CN(C(=O)c2cccnc2)CC1c1ccccc1O. The van der Waals surface area contributed by atoms with Crippen molar-refractivity contribution in [2.45, 2.75) is 5.92 Å². The van der Waals surface area contributed by atoms with Crippen LogP contribution in [0.4, 0.5) is 0 Å². The fourth-order valence-corrected chi connectivity index (χ4v) is 3.17. The van der Waals surface area contributed by atoms with E-state index in [1.54, 1.807) is 54.9 Å². The third kappa shape index (κ3) is 3.25. The quantitative estimate of drug-likeness (QED) is 0.879. The average molecular weight is 324 g/mol. The summed E-state index contributed by atoms with van der Waals surface area (Å²) < 4.78 is 5.04. The molecule has 2 unspecified atom stereocenters. The van der Waals surface area contributed by atoms with E-state index in [9.17, 15) is 9.90 Å². The number of para-hydroxylation sites is 1. The van der Waals surface area contributed by atoms with Gasteiger partial charge < -0.3 is 14.7 Å². The first-order valence-electron chi connectivity index (χ1n) is 7.87. The summed E-state index contributed by atoms with van der Waals surface area (Å²) in [6.07, 6.45) is 6.81. The molecule has 2 atom stereocenters. The fraction of sp³-hybridized carbons (Fsp3) is 0.263. The Hall–Kier alpha value is -2.82. The maximum absolute atomic E-state index is 12.7. The van der Waals surface area contributed by atoms with Gasteiger partial charge in [0.15, 0.2) is 0 Å². The van der Waals surface area contributed by atoms with Crippen LogP contribution in [0.1, 0.15) is 21.8 Å². The highest BCUT2D eigenvalue weighted by atomic mass is 16.5. The lowest BCUT2D eigenvalue weighted by atomic mass is 9.88. The molecule has 0 saturated carbocycles. The average Bonchev–Trinajstić information content (AvgIpc) is 3.04. The molecule has 1 aromatic carbocycles. The molecule has 1 N–H and O–H groups in total. The number of carbonyl (C=O) groups excluding carboxylic acids is 1. The summed E-state index contributed by atoms with van der Waals surface area (Å²) >= 11 is 0. The third-order valence-electron chi connectivity index (χ3n) is 4.36. The summed E-state index contributed by atoms with van der Waals surface area (Å²) in [5.41, 5.74) is 1.43. The number of rotatable bonds is 4. The van der Waals surface area contributed by atoms with E-state index in [1.165, 1.54) is 0 Å². The Morgan fingerprint density at radius 2 is 2.12 bits per heavy atom. The van der Waals surface area contributed by atoms with Gasteiger partial charge in [0.1, 0.15) is 5.75 Å². The van der Waals surface area contributed by atoms with Crippen molar-refractivity contribution in [1.82, 2.24) is 9.88 Å². The number of hydrogen-bond donors (Lipinski definition) is 1. The minimum absolute atomic E-state index is 0.0261. The van der Waals surface area contributed by atoms with Gasteiger partial charge in [-0.25, -0.2) is 0 Å². The summed E-state index contributed by atoms with van der Waals surface area (Å²) in [5.74, 6) is 0.322.